The van der Waals surface area contributed by atoms with Crippen molar-refractivity contribution in [3.05, 3.63) is 47.5 Å². The molecule has 124 valence electrons. The van der Waals surface area contributed by atoms with E-state index in [1.807, 2.05) is 24.0 Å². The Morgan fingerprint density at radius 3 is 2.71 bits per heavy atom. The Kier molecular flexibility index (Phi) is 4.36. The van der Waals surface area contributed by atoms with Crippen LogP contribution in [0.4, 0.5) is 0 Å². The van der Waals surface area contributed by atoms with Crippen LogP contribution in [0.5, 0.6) is 0 Å². The largest absolute Gasteiger partial charge is 0.297 e. The maximum Gasteiger partial charge on any atom is 0.188 e. The fourth-order valence-corrected chi connectivity index (χ4v) is 3.95. The minimum atomic E-state index is 0.638. The van der Waals surface area contributed by atoms with Crippen LogP contribution in [0.2, 0.25) is 0 Å². The van der Waals surface area contributed by atoms with Crippen molar-refractivity contribution in [3.8, 4) is 10.8 Å². The molecule has 3 aromatic rings. The number of hydrogen-bond donors (Lipinski definition) is 0. The lowest BCUT2D eigenvalue weighted by atomic mass is 9.91. The molecule has 24 heavy (non-hydrogen) atoms. The zero-order chi connectivity index (χ0) is 16.4. The number of hydrogen-bond acceptors (Lipinski definition) is 6. The third kappa shape index (κ3) is 3.37. The second-order valence-corrected chi connectivity index (χ2v) is 7.07. The van der Waals surface area contributed by atoms with Crippen molar-refractivity contribution >= 4 is 11.3 Å². The van der Waals surface area contributed by atoms with Gasteiger partial charge in [0.15, 0.2) is 10.8 Å². The maximum atomic E-state index is 4.69. The third-order valence-electron chi connectivity index (χ3n) is 4.48. The standard InChI is InChI=1S/C17H20N6S/c1-22-10-14(9-20-22)13-3-7-23(8-4-13)11-15-12-24-17(21-15)16-18-5-2-6-19-16/h2,5-6,9-10,12-13H,3-4,7-8,11H2,1H3. The van der Waals surface area contributed by atoms with E-state index < -0.39 is 0 Å². The molecule has 0 bridgehead atoms. The summed E-state index contributed by atoms with van der Waals surface area (Å²) in [5, 5.41) is 7.32. The minimum Gasteiger partial charge on any atom is -0.297 e. The predicted molar refractivity (Wildman–Crippen MR) is 93.6 cm³/mol. The lowest BCUT2D eigenvalue weighted by Crippen LogP contribution is -2.32. The molecule has 0 spiro atoms. The average Bonchev–Trinajstić information content (AvgIpc) is 3.26. The smallest absolute Gasteiger partial charge is 0.188 e. The molecule has 0 aliphatic carbocycles. The van der Waals surface area contributed by atoms with Crippen LogP contribution in [0, 0.1) is 0 Å². The Hall–Kier alpha value is -2.12. The maximum absolute atomic E-state index is 4.69. The minimum absolute atomic E-state index is 0.638. The average molecular weight is 340 g/mol. The molecule has 0 saturated carbocycles. The van der Waals surface area contributed by atoms with Gasteiger partial charge in [-0.05, 0) is 43.5 Å². The fraction of sp³-hybridized carbons (Fsp3) is 0.412. The molecular weight excluding hydrogens is 320 g/mol. The molecule has 0 N–H and O–H groups in total. The quantitative estimate of drug-likeness (QED) is 0.731. The summed E-state index contributed by atoms with van der Waals surface area (Å²) in [6.07, 6.45) is 10.0. The van der Waals surface area contributed by atoms with Gasteiger partial charge in [0.2, 0.25) is 0 Å². The molecule has 1 fully saturated rings. The SMILES string of the molecule is Cn1cc(C2CCN(Cc3csc(-c4ncccn4)n3)CC2)cn1. The van der Waals surface area contributed by atoms with Crippen molar-refractivity contribution < 1.29 is 0 Å². The molecule has 3 aromatic heterocycles. The second kappa shape index (κ2) is 6.78. The lowest BCUT2D eigenvalue weighted by molar-refractivity contribution is 0.203. The predicted octanol–water partition coefficient (Wildman–Crippen LogP) is 2.71. The first-order chi connectivity index (χ1) is 11.8. The van der Waals surface area contributed by atoms with Crippen LogP contribution < -0.4 is 0 Å². The van der Waals surface area contributed by atoms with Gasteiger partial charge in [0, 0.05) is 37.6 Å². The Bertz CT molecular complexity index is 788. The van der Waals surface area contributed by atoms with Crippen LogP contribution in [-0.2, 0) is 13.6 Å². The van der Waals surface area contributed by atoms with Crippen LogP contribution >= 0.6 is 11.3 Å². The summed E-state index contributed by atoms with van der Waals surface area (Å²) in [7, 11) is 1.98. The molecule has 1 saturated heterocycles. The lowest BCUT2D eigenvalue weighted by Gasteiger charge is -2.31. The first-order valence-electron chi connectivity index (χ1n) is 8.20. The first kappa shape index (κ1) is 15.4. The van der Waals surface area contributed by atoms with Crippen LogP contribution in [0.15, 0.2) is 36.2 Å². The van der Waals surface area contributed by atoms with Gasteiger partial charge in [-0.1, -0.05) is 0 Å². The van der Waals surface area contributed by atoms with Crippen molar-refractivity contribution in [1.82, 2.24) is 29.6 Å². The highest BCUT2D eigenvalue weighted by Gasteiger charge is 2.22. The van der Waals surface area contributed by atoms with E-state index >= 15 is 0 Å². The summed E-state index contributed by atoms with van der Waals surface area (Å²) >= 11 is 1.62. The van der Waals surface area contributed by atoms with Crippen molar-refractivity contribution in [1.29, 1.82) is 0 Å². The van der Waals surface area contributed by atoms with Gasteiger partial charge in [-0.2, -0.15) is 5.10 Å². The second-order valence-electron chi connectivity index (χ2n) is 6.21. The van der Waals surface area contributed by atoms with E-state index in [0.29, 0.717) is 11.7 Å². The summed E-state index contributed by atoms with van der Waals surface area (Å²) in [4.78, 5) is 15.7. The highest BCUT2D eigenvalue weighted by Crippen LogP contribution is 2.28. The Balaban J connectivity index is 1.35. The van der Waals surface area contributed by atoms with Crippen molar-refractivity contribution in [2.45, 2.75) is 25.3 Å². The van der Waals surface area contributed by atoms with Crippen LogP contribution in [0.1, 0.15) is 30.0 Å². The topological polar surface area (TPSA) is 59.7 Å². The van der Waals surface area contributed by atoms with Crippen molar-refractivity contribution in [3.63, 3.8) is 0 Å². The van der Waals surface area contributed by atoms with Gasteiger partial charge >= 0.3 is 0 Å². The van der Waals surface area contributed by atoms with Crippen LogP contribution in [0.3, 0.4) is 0 Å². The van der Waals surface area contributed by atoms with E-state index in [1.54, 1.807) is 23.7 Å². The third-order valence-corrected chi connectivity index (χ3v) is 5.37. The summed E-state index contributed by atoms with van der Waals surface area (Å²) in [6.45, 7) is 3.12. The summed E-state index contributed by atoms with van der Waals surface area (Å²) in [5.74, 6) is 1.35. The highest BCUT2D eigenvalue weighted by molar-refractivity contribution is 7.13. The van der Waals surface area contributed by atoms with Crippen LogP contribution in [-0.4, -0.2) is 42.7 Å². The Morgan fingerprint density at radius 1 is 1.21 bits per heavy atom. The molecule has 1 aliphatic rings. The van der Waals surface area contributed by atoms with Gasteiger partial charge in [0.25, 0.3) is 0 Å². The van der Waals surface area contributed by atoms with Crippen molar-refractivity contribution in [2.24, 2.45) is 7.05 Å². The number of piperidine rings is 1. The number of nitrogens with zero attached hydrogens (tertiary/aromatic N) is 6. The van der Waals surface area contributed by atoms with E-state index in [2.05, 4.69) is 31.5 Å². The molecule has 6 nitrogen and oxygen atoms in total. The van der Waals surface area contributed by atoms with E-state index in [0.717, 1.165) is 30.3 Å². The molecule has 4 rings (SSSR count). The molecule has 0 aromatic carbocycles. The van der Waals surface area contributed by atoms with Gasteiger partial charge in [-0.3, -0.25) is 9.58 Å². The van der Waals surface area contributed by atoms with Crippen molar-refractivity contribution in [2.75, 3.05) is 13.1 Å². The number of aryl methyl sites for hydroxylation is 1. The molecule has 0 radical (unpaired) electrons. The van der Waals surface area contributed by atoms with E-state index in [9.17, 15) is 0 Å². The highest BCUT2D eigenvalue weighted by atomic mass is 32.1. The van der Waals surface area contributed by atoms with Crippen LogP contribution in [0.25, 0.3) is 10.8 Å². The Morgan fingerprint density at radius 2 is 2.00 bits per heavy atom. The zero-order valence-electron chi connectivity index (χ0n) is 13.7. The molecule has 4 heterocycles. The summed E-state index contributed by atoms with van der Waals surface area (Å²) in [5.41, 5.74) is 2.48. The summed E-state index contributed by atoms with van der Waals surface area (Å²) < 4.78 is 1.89. The Labute approximate surface area is 145 Å². The molecule has 0 amide bonds. The van der Waals surface area contributed by atoms with Gasteiger partial charge in [-0.15, -0.1) is 11.3 Å². The number of aromatic nitrogens is 5. The molecule has 7 heteroatoms. The first-order valence-corrected chi connectivity index (χ1v) is 9.08. The molecule has 0 atom stereocenters. The zero-order valence-corrected chi connectivity index (χ0v) is 14.5. The van der Waals surface area contributed by atoms with E-state index in [-0.39, 0.29) is 0 Å². The normalized spacial score (nSPS) is 16.5. The van der Waals surface area contributed by atoms with E-state index in [1.165, 1.54) is 18.4 Å². The fourth-order valence-electron chi connectivity index (χ4n) is 3.20. The molecular formula is C17H20N6S. The summed E-state index contributed by atoms with van der Waals surface area (Å²) in [6, 6.07) is 1.82. The molecule has 0 unspecified atom stereocenters. The van der Waals surface area contributed by atoms with Gasteiger partial charge in [-0.25, -0.2) is 15.0 Å². The van der Waals surface area contributed by atoms with E-state index in [4.69, 9.17) is 4.98 Å². The number of thiazole rings is 1. The van der Waals surface area contributed by atoms with Gasteiger partial charge < -0.3 is 0 Å². The number of likely N-dealkylation sites (tertiary alicyclic amines) is 1. The van der Waals surface area contributed by atoms with Gasteiger partial charge in [0.05, 0.1) is 11.9 Å². The number of rotatable bonds is 4. The monoisotopic (exact) mass is 340 g/mol. The molecule has 1 aliphatic heterocycles. The van der Waals surface area contributed by atoms with Gasteiger partial charge in [0.1, 0.15) is 0 Å².